The Kier molecular flexibility index (Phi) is 6.00. The van der Waals surface area contributed by atoms with Gasteiger partial charge in [0.15, 0.2) is 5.82 Å². The van der Waals surface area contributed by atoms with E-state index in [-0.39, 0.29) is 0 Å². The van der Waals surface area contributed by atoms with Crippen molar-refractivity contribution < 1.29 is 9.53 Å². The van der Waals surface area contributed by atoms with E-state index in [9.17, 15) is 4.79 Å². The average Bonchev–Trinajstić information content (AvgIpc) is 3.02. The van der Waals surface area contributed by atoms with Gasteiger partial charge in [0.05, 0.1) is 7.11 Å². The number of amides is 1. The second-order valence-corrected chi connectivity index (χ2v) is 6.54. The molecule has 3 aromatic rings. The minimum atomic E-state index is -0.568. The quantitative estimate of drug-likeness (QED) is 0.536. The summed E-state index contributed by atoms with van der Waals surface area (Å²) in [7, 11) is 3.31. The number of nitrogens with zero attached hydrogens (tertiary/aromatic N) is 3. The van der Waals surface area contributed by atoms with Crippen molar-refractivity contribution in [1.29, 1.82) is 0 Å². The molecule has 3 rings (SSSR count). The summed E-state index contributed by atoms with van der Waals surface area (Å²) in [5.74, 6) is 0.917. The number of benzene rings is 1. The van der Waals surface area contributed by atoms with Crippen LogP contribution in [0.1, 0.15) is 21.5 Å². The topological polar surface area (TPSA) is 107 Å². The Labute approximate surface area is 167 Å². The molecule has 0 aliphatic heterocycles. The summed E-state index contributed by atoms with van der Waals surface area (Å²) in [6.07, 6.45) is 1.70. The maximum atomic E-state index is 12.0. The van der Waals surface area contributed by atoms with E-state index in [1.165, 1.54) is 0 Å². The highest BCUT2D eigenvalue weighted by atomic mass is 35.5. The zero-order valence-electron chi connectivity index (χ0n) is 15.6. The monoisotopic (exact) mass is 400 g/mol. The summed E-state index contributed by atoms with van der Waals surface area (Å²) >= 11 is 5.90. The van der Waals surface area contributed by atoms with Crippen molar-refractivity contribution in [3.8, 4) is 5.88 Å². The molecule has 0 saturated heterocycles. The van der Waals surface area contributed by atoms with Crippen molar-refractivity contribution in [2.45, 2.75) is 13.1 Å². The Morgan fingerprint density at radius 3 is 2.43 bits per heavy atom. The molecule has 2 aromatic heterocycles. The molecule has 0 aliphatic carbocycles. The van der Waals surface area contributed by atoms with Gasteiger partial charge in [-0.1, -0.05) is 29.8 Å². The number of halogens is 1. The lowest BCUT2D eigenvalue weighted by Gasteiger charge is -2.09. The lowest BCUT2D eigenvalue weighted by atomic mass is 10.2. The van der Waals surface area contributed by atoms with Crippen LogP contribution >= 0.6 is 11.6 Å². The molecular weight excluding hydrogens is 380 g/mol. The Morgan fingerprint density at radius 1 is 1.14 bits per heavy atom. The van der Waals surface area contributed by atoms with Gasteiger partial charge in [-0.2, -0.15) is 5.10 Å². The molecule has 1 amide bonds. The number of hydrogen-bond donors (Lipinski definition) is 3. The molecule has 4 N–H and O–H groups in total. The Morgan fingerprint density at radius 2 is 1.82 bits per heavy atom. The van der Waals surface area contributed by atoms with Gasteiger partial charge >= 0.3 is 0 Å². The fourth-order valence-corrected chi connectivity index (χ4v) is 2.82. The molecule has 0 bridgehead atoms. The van der Waals surface area contributed by atoms with Gasteiger partial charge in [-0.05, 0) is 23.3 Å². The first-order valence-corrected chi connectivity index (χ1v) is 8.93. The second-order valence-electron chi connectivity index (χ2n) is 6.10. The van der Waals surface area contributed by atoms with Gasteiger partial charge in [0, 0.05) is 37.4 Å². The van der Waals surface area contributed by atoms with E-state index in [1.807, 2.05) is 30.3 Å². The first-order chi connectivity index (χ1) is 13.5. The third-order valence-electron chi connectivity index (χ3n) is 4.13. The van der Waals surface area contributed by atoms with Crippen LogP contribution in [-0.2, 0) is 20.1 Å². The van der Waals surface area contributed by atoms with Crippen LogP contribution in [0, 0.1) is 0 Å². The largest absolute Gasteiger partial charge is 0.481 e. The number of hydrogen-bond acceptors (Lipinski definition) is 6. The van der Waals surface area contributed by atoms with Gasteiger partial charge in [0.2, 0.25) is 5.88 Å². The van der Waals surface area contributed by atoms with Crippen molar-refractivity contribution in [3.63, 3.8) is 0 Å². The maximum Gasteiger partial charge on any atom is 0.256 e. The number of carbonyl (C=O) groups is 1. The molecule has 0 radical (unpaired) electrons. The molecule has 146 valence electrons. The van der Waals surface area contributed by atoms with E-state index in [0.717, 1.165) is 11.1 Å². The number of aryl methyl sites for hydroxylation is 1. The van der Waals surface area contributed by atoms with Crippen LogP contribution in [0.5, 0.6) is 5.88 Å². The van der Waals surface area contributed by atoms with Gasteiger partial charge in [-0.15, -0.1) is 0 Å². The Balaban J connectivity index is 1.75. The smallest absolute Gasteiger partial charge is 0.256 e. The zero-order chi connectivity index (χ0) is 20.1. The molecule has 2 heterocycles. The molecule has 0 atom stereocenters. The summed E-state index contributed by atoms with van der Waals surface area (Å²) in [5.41, 5.74) is 7.84. The fourth-order valence-electron chi connectivity index (χ4n) is 2.69. The average molecular weight is 401 g/mol. The van der Waals surface area contributed by atoms with E-state index in [1.54, 1.807) is 31.1 Å². The van der Waals surface area contributed by atoms with Crippen molar-refractivity contribution in [3.05, 3.63) is 64.3 Å². The van der Waals surface area contributed by atoms with E-state index < -0.39 is 5.91 Å². The molecule has 0 aliphatic rings. The first kappa shape index (κ1) is 19.5. The van der Waals surface area contributed by atoms with Gasteiger partial charge in [0.1, 0.15) is 11.4 Å². The number of nitrogens with two attached hydrogens (primary N) is 1. The zero-order valence-corrected chi connectivity index (χ0v) is 16.3. The van der Waals surface area contributed by atoms with Crippen molar-refractivity contribution in [1.82, 2.24) is 14.8 Å². The number of methoxy groups -OCH3 is 1. The summed E-state index contributed by atoms with van der Waals surface area (Å²) in [6, 6.07) is 11.1. The molecule has 9 heteroatoms. The second kappa shape index (κ2) is 8.62. The maximum absolute atomic E-state index is 12.0. The standard InChI is InChI=1S/C19H21ClN6O2/c1-26-19(24-11-13-5-8-15(28-2)22-10-13)16(17(21)27)18(25-26)23-9-12-3-6-14(20)7-4-12/h3-8,10,24H,9,11H2,1-2H3,(H2,21,27)(H,23,25). The fraction of sp³-hybridized carbons (Fsp3) is 0.211. The predicted molar refractivity (Wildman–Crippen MR) is 109 cm³/mol. The highest BCUT2D eigenvalue weighted by Gasteiger charge is 2.20. The van der Waals surface area contributed by atoms with Gasteiger partial charge in [-0.3, -0.25) is 9.48 Å². The first-order valence-electron chi connectivity index (χ1n) is 8.56. The van der Waals surface area contributed by atoms with Gasteiger partial charge < -0.3 is 21.1 Å². The molecule has 0 unspecified atom stereocenters. The third kappa shape index (κ3) is 4.52. The van der Waals surface area contributed by atoms with Crippen LogP contribution in [0.4, 0.5) is 11.6 Å². The number of nitrogens with one attached hydrogen (secondary N) is 2. The van der Waals surface area contributed by atoms with Crippen LogP contribution in [0.3, 0.4) is 0 Å². The predicted octanol–water partition coefficient (Wildman–Crippen LogP) is 2.80. The Bertz CT molecular complexity index is 954. The van der Waals surface area contributed by atoms with Crippen LogP contribution in [0.15, 0.2) is 42.6 Å². The number of rotatable bonds is 8. The van der Waals surface area contributed by atoms with Gasteiger partial charge in [-0.25, -0.2) is 4.98 Å². The minimum Gasteiger partial charge on any atom is -0.481 e. The summed E-state index contributed by atoms with van der Waals surface area (Å²) in [5, 5.41) is 11.4. The number of aromatic nitrogens is 3. The number of carbonyl (C=O) groups excluding carboxylic acids is 1. The van der Waals surface area contributed by atoms with E-state index >= 15 is 0 Å². The summed E-state index contributed by atoms with van der Waals surface area (Å²) in [6.45, 7) is 0.934. The molecule has 28 heavy (non-hydrogen) atoms. The molecule has 0 saturated carbocycles. The normalized spacial score (nSPS) is 10.5. The SMILES string of the molecule is COc1ccc(CNc2c(C(N)=O)c(NCc3ccc(Cl)cc3)nn2C)cn1. The van der Waals surface area contributed by atoms with Crippen LogP contribution < -0.4 is 21.1 Å². The van der Waals surface area contributed by atoms with Gasteiger partial charge in [0.25, 0.3) is 5.91 Å². The summed E-state index contributed by atoms with van der Waals surface area (Å²) < 4.78 is 6.64. The van der Waals surface area contributed by atoms with Crippen LogP contribution in [-0.4, -0.2) is 27.8 Å². The number of ether oxygens (including phenoxy) is 1. The molecule has 0 spiro atoms. The Hall–Kier alpha value is -3.26. The molecular formula is C19H21ClN6O2. The molecule has 8 nitrogen and oxygen atoms in total. The highest BCUT2D eigenvalue weighted by molar-refractivity contribution is 6.30. The summed E-state index contributed by atoms with van der Waals surface area (Å²) in [4.78, 5) is 16.2. The minimum absolute atomic E-state index is 0.304. The number of anilines is 2. The van der Waals surface area contributed by atoms with Crippen molar-refractivity contribution in [2.75, 3.05) is 17.7 Å². The number of pyridine rings is 1. The van der Waals surface area contributed by atoms with Crippen LogP contribution in [0.25, 0.3) is 0 Å². The van der Waals surface area contributed by atoms with E-state index in [2.05, 4.69) is 20.7 Å². The van der Waals surface area contributed by atoms with E-state index in [4.69, 9.17) is 22.1 Å². The highest BCUT2D eigenvalue weighted by Crippen LogP contribution is 2.24. The lowest BCUT2D eigenvalue weighted by molar-refractivity contribution is 0.100. The molecule has 0 fully saturated rings. The van der Waals surface area contributed by atoms with E-state index in [0.29, 0.717) is 41.2 Å². The van der Waals surface area contributed by atoms with Crippen molar-refractivity contribution in [2.24, 2.45) is 12.8 Å². The lowest BCUT2D eigenvalue weighted by Crippen LogP contribution is -2.16. The van der Waals surface area contributed by atoms with Crippen molar-refractivity contribution >= 4 is 29.1 Å². The number of primary amides is 1. The third-order valence-corrected chi connectivity index (χ3v) is 4.39. The molecule has 1 aromatic carbocycles. The van der Waals surface area contributed by atoms with Crippen LogP contribution in [0.2, 0.25) is 5.02 Å².